The van der Waals surface area contributed by atoms with Crippen LogP contribution in [0.2, 0.25) is 0 Å². The van der Waals surface area contributed by atoms with Gasteiger partial charge in [0.15, 0.2) is 5.85 Å². The third kappa shape index (κ3) is 1.27. The number of rotatable bonds is 1. The highest BCUT2D eigenvalue weighted by molar-refractivity contribution is 5.78. The second kappa shape index (κ2) is 2.21. The van der Waals surface area contributed by atoms with Crippen molar-refractivity contribution in [2.24, 2.45) is 5.73 Å². The van der Waals surface area contributed by atoms with E-state index in [1.165, 1.54) is 11.8 Å². The summed E-state index contributed by atoms with van der Waals surface area (Å²) in [7, 11) is 0. The molecule has 1 fully saturated rings. The van der Waals surface area contributed by atoms with Crippen LogP contribution in [0.5, 0.6) is 0 Å². The summed E-state index contributed by atoms with van der Waals surface area (Å²) >= 11 is 0. The molecule has 1 atom stereocenters. The minimum absolute atomic E-state index is 0.0625. The smallest absolute Gasteiger partial charge is 0.225 e. The first kappa shape index (κ1) is 7.50. The fourth-order valence-corrected chi connectivity index (χ4v) is 1.13. The van der Waals surface area contributed by atoms with Crippen molar-refractivity contribution < 1.29 is 9.90 Å². The van der Waals surface area contributed by atoms with Gasteiger partial charge in [0.1, 0.15) is 0 Å². The van der Waals surface area contributed by atoms with Gasteiger partial charge < -0.3 is 10.0 Å². The molecule has 3 N–H and O–H groups in total. The number of carbonyl (C=O) groups is 1. The van der Waals surface area contributed by atoms with Crippen molar-refractivity contribution in [1.82, 2.24) is 4.90 Å². The number of nitrogens with two attached hydrogens (primary N) is 1. The number of carbonyl (C=O) groups excluding carboxylic acids is 1. The van der Waals surface area contributed by atoms with E-state index in [2.05, 4.69) is 0 Å². The van der Waals surface area contributed by atoms with E-state index in [1.54, 1.807) is 0 Å². The highest BCUT2D eigenvalue weighted by Gasteiger charge is 2.32. The summed E-state index contributed by atoms with van der Waals surface area (Å²) in [6, 6.07) is 0. The number of hydrogen-bond acceptors (Lipinski definition) is 3. The van der Waals surface area contributed by atoms with E-state index in [1.807, 2.05) is 0 Å². The van der Waals surface area contributed by atoms with E-state index < -0.39 is 5.85 Å². The molecule has 1 heterocycles. The van der Waals surface area contributed by atoms with Crippen molar-refractivity contribution in [3.8, 4) is 0 Å². The molecule has 0 saturated carbocycles. The Balaban J connectivity index is 2.64. The first-order valence-electron chi connectivity index (χ1n) is 3.33. The second-order valence-corrected chi connectivity index (χ2v) is 2.74. The second-order valence-electron chi connectivity index (χ2n) is 2.74. The van der Waals surface area contributed by atoms with Gasteiger partial charge in [-0.1, -0.05) is 0 Å². The Labute approximate surface area is 59.6 Å². The number of nitrogens with zero attached hydrogens (tertiary/aromatic N) is 1. The lowest BCUT2D eigenvalue weighted by Crippen LogP contribution is -2.54. The van der Waals surface area contributed by atoms with Gasteiger partial charge in [0.2, 0.25) is 5.91 Å². The van der Waals surface area contributed by atoms with E-state index in [-0.39, 0.29) is 5.91 Å². The van der Waals surface area contributed by atoms with E-state index in [9.17, 15) is 9.90 Å². The van der Waals surface area contributed by atoms with Gasteiger partial charge in [-0.15, -0.1) is 0 Å². The zero-order chi connectivity index (χ0) is 7.78. The fourth-order valence-electron chi connectivity index (χ4n) is 1.13. The van der Waals surface area contributed by atoms with Crippen molar-refractivity contribution in [2.75, 3.05) is 6.54 Å². The molecule has 1 aliphatic rings. The Morgan fingerprint density at radius 2 is 2.40 bits per heavy atom. The molecule has 0 aromatic heterocycles. The predicted octanol–water partition coefficient (Wildman–Crippen LogP) is -0.766. The molecule has 0 radical (unpaired) electrons. The minimum atomic E-state index is -1.46. The van der Waals surface area contributed by atoms with Gasteiger partial charge in [0.25, 0.3) is 0 Å². The summed E-state index contributed by atoms with van der Waals surface area (Å²) in [6.45, 7) is 1.98. The van der Waals surface area contributed by atoms with Crippen molar-refractivity contribution in [2.45, 2.75) is 25.6 Å². The molecule has 4 heteroatoms. The number of hydrogen-bond donors (Lipinski definition) is 2. The molecule has 0 aromatic rings. The summed E-state index contributed by atoms with van der Waals surface area (Å²) in [5.74, 6) is -1.53. The van der Waals surface area contributed by atoms with E-state index >= 15 is 0 Å². The molecular formula is C6H12N2O2. The van der Waals surface area contributed by atoms with Crippen LogP contribution in [0.25, 0.3) is 0 Å². The van der Waals surface area contributed by atoms with Crippen LogP contribution in [0.15, 0.2) is 0 Å². The lowest BCUT2D eigenvalue weighted by molar-refractivity contribution is -0.148. The van der Waals surface area contributed by atoms with Crippen molar-refractivity contribution in [1.29, 1.82) is 0 Å². The predicted molar refractivity (Wildman–Crippen MR) is 35.8 cm³/mol. The van der Waals surface area contributed by atoms with Gasteiger partial charge in [-0.2, -0.15) is 0 Å². The molecule has 58 valence electrons. The molecule has 0 aliphatic carbocycles. The molecule has 1 saturated heterocycles. The maximum absolute atomic E-state index is 10.9. The molecule has 1 aliphatic heterocycles. The zero-order valence-corrected chi connectivity index (χ0v) is 6.00. The summed E-state index contributed by atoms with van der Waals surface area (Å²) in [5, 5.41) is 9.17. The molecule has 4 nitrogen and oxygen atoms in total. The standard InChI is InChI=1S/C6H12N2O2/c1-6(7,10)8-4-2-3-5(8)9/h10H,2-4,7H2,1H3. The van der Waals surface area contributed by atoms with E-state index in [0.29, 0.717) is 13.0 Å². The quantitative estimate of drug-likeness (QED) is 0.475. The van der Waals surface area contributed by atoms with Gasteiger partial charge in [-0.25, -0.2) is 0 Å². The van der Waals surface area contributed by atoms with Crippen LogP contribution in [0.1, 0.15) is 19.8 Å². The highest BCUT2D eigenvalue weighted by atomic mass is 16.3. The summed E-state index contributed by atoms with van der Waals surface area (Å²) in [4.78, 5) is 12.2. The Bertz CT molecular complexity index is 150. The molecular weight excluding hydrogens is 132 g/mol. The first-order chi connectivity index (χ1) is 4.52. The van der Waals surface area contributed by atoms with Crippen LogP contribution < -0.4 is 5.73 Å². The van der Waals surface area contributed by atoms with E-state index in [4.69, 9.17) is 5.73 Å². The van der Waals surface area contributed by atoms with Crippen LogP contribution in [-0.2, 0) is 4.79 Å². The SMILES string of the molecule is CC(N)(O)N1CCCC1=O. The zero-order valence-electron chi connectivity index (χ0n) is 6.00. The fraction of sp³-hybridized carbons (Fsp3) is 0.833. The maximum Gasteiger partial charge on any atom is 0.225 e. The van der Waals surface area contributed by atoms with Gasteiger partial charge in [-0.05, 0) is 13.3 Å². The molecule has 1 rings (SSSR count). The number of amides is 1. The normalized spacial score (nSPS) is 25.1. The molecule has 0 spiro atoms. The van der Waals surface area contributed by atoms with Crippen LogP contribution >= 0.6 is 0 Å². The Morgan fingerprint density at radius 1 is 1.80 bits per heavy atom. The van der Waals surface area contributed by atoms with Crippen LogP contribution in [0.4, 0.5) is 0 Å². The van der Waals surface area contributed by atoms with Gasteiger partial charge in [0.05, 0.1) is 0 Å². The van der Waals surface area contributed by atoms with Crippen LogP contribution in [-0.4, -0.2) is 28.3 Å². The Kier molecular flexibility index (Phi) is 1.66. The molecule has 0 aromatic carbocycles. The van der Waals surface area contributed by atoms with E-state index in [0.717, 1.165) is 6.42 Å². The van der Waals surface area contributed by atoms with Crippen molar-refractivity contribution in [3.05, 3.63) is 0 Å². The lowest BCUT2D eigenvalue weighted by atomic mass is 10.4. The summed E-state index contributed by atoms with van der Waals surface area (Å²) in [5.41, 5.74) is 5.29. The third-order valence-electron chi connectivity index (χ3n) is 1.62. The molecule has 10 heavy (non-hydrogen) atoms. The number of likely N-dealkylation sites (tertiary alicyclic amines) is 1. The van der Waals surface area contributed by atoms with Gasteiger partial charge in [-0.3, -0.25) is 10.5 Å². The maximum atomic E-state index is 10.9. The third-order valence-corrected chi connectivity index (χ3v) is 1.62. The summed E-state index contributed by atoms with van der Waals surface area (Å²) in [6.07, 6.45) is 1.31. The van der Waals surface area contributed by atoms with Gasteiger partial charge in [0, 0.05) is 13.0 Å². The largest absolute Gasteiger partial charge is 0.359 e. The molecule has 0 bridgehead atoms. The Morgan fingerprint density at radius 3 is 2.60 bits per heavy atom. The average molecular weight is 144 g/mol. The minimum Gasteiger partial charge on any atom is -0.359 e. The van der Waals surface area contributed by atoms with Crippen LogP contribution in [0, 0.1) is 0 Å². The Hall–Kier alpha value is -0.610. The highest BCUT2D eigenvalue weighted by Crippen LogP contribution is 2.15. The molecule has 1 unspecified atom stereocenters. The average Bonchev–Trinajstić information content (AvgIpc) is 2.11. The topological polar surface area (TPSA) is 66.6 Å². The summed E-state index contributed by atoms with van der Waals surface area (Å²) < 4.78 is 0. The molecule has 1 amide bonds. The first-order valence-corrected chi connectivity index (χ1v) is 3.33. The van der Waals surface area contributed by atoms with Crippen molar-refractivity contribution in [3.63, 3.8) is 0 Å². The number of aliphatic hydroxyl groups is 1. The van der Waals surface area contributed by atoms with Gasteiger partial charge >= 0.3 is 0 Å². The lowest BCUT2D eigenvalue weighted by Gasteiger charge is -2.29. The van der Waals surface area contributed by atoms with Crippen LogP contribution in [0.3, 0.4) is 0 Å². The monoisotopic (exact) mass is 144 g/mol. The van der Waals surface area contributed by atoms with Crippen molar-refractivity contribution >= 4 is 5.91 Å².